The summed E-state index contributed by atoms with van der Waals surface area (Å²) in [5.41, 5.74) is 0. The Morgan fingerprint density at radius 3 is 2.25 bits per heavy atom. The summed E-state index contributed by atoms with van der Waals surface area (Å²) in [6.45, 7) is 0.512. The second kappa shape index (κ2) is 11.7. The third-order valence-corrected chi connectivity index (χ3v) is 2.20. The van der Waals surface area contributed by atoms with Gasteiger partial charge < -0.3 is 4.74 Å². The Kier molecular flexibility index (Phi) is 10.6. The molecule has 0 atom stereocenters. The minimum atomic E-state index is -0.190. The van der Waals surface area contributed by atoms with E-state index in [0.29, 0.717) is 19.4 Å². The molecule has 0 saturated heterocycles. The minimum Gasteiger partial charge on any atom is -0.466 e. The highest BCUT2D eigenvalue weighted by molar-refractivity contribution is 5.69. The van der Waals surface area contributed by atoms with E-state index in [0.717, 1.165) is 38.5 Å². The fraction of sp³-hybridized carbons (Fsp3) is 0.643. The average Bonchev–Trinajstić information content (AvgIpc) is 2.30. The molecule has 0 aromatic heterocycles. The Balaban J connectivity index is 3.12. The number of unbranched alkanes of at least 4 members (excludes halogenated alkanes) is 5. The lowest BCUT2D eigenvalue weighted by molar-refractivity contribution is -0.143. The molecule has 0 amide bonds. The topological polar surface area (TPSA) is 26.3 Å². The molecule has 0 N–H and O–H groups in total. The number of terminal acetylenes is 2. The van der Waals surface area contributed by atoms with Crippen molar-refractivity contribution in [2.45, 2.75) is 51.4 Å². The SMILES string of the molecule is C#CCCCCCCCOC(=O)CCC#C. The number of esters is 1. The highest BCUT2D eigenvalue weighted by Crippen LogP contribution is 2.05. The van der Waals surface area contributed by atoms with E-state index in [1.54, 1.807) is 0 Å². The summed E-state index contributed by atoms with van der Waals surface area (Å²) in [4.78, 5) is 11.0. The fourth-order valence-corrected chi connectivity index (χ4v) is 1.29. The molecule has 0 unspecified atom stereocenters. The summed E-state index contributed by atoms with van der Waals surface area (Å²) in [7, 11) is 0. The summed E-state index contributed by atoms with van der Waals surface area (Å²) in [6, 6.07) is 0. The summed E-state index contributed by atoms with van der Waals surface area (Å²) in [5.74, 6) is 4.84. The van der Waals surface area contributed by atoms with Crippen molar-refractivity contribution in [1.29, 1.82) is 0 Å². The van der Waals surface area contributed by atoms with Crippen molar-refractivity contribution >= 4 is 5.97 Å². The Morgan fingerprint density at radius 2 is 1.56 bits per heavy atom. The molecule has 2 heteroatoms. The van der Waals surface area contributed by atoms with Crippen LogP contribution in [0.25, 0.3) is 0 Å². The van der Waals surface area contributed by atoms with Gasteiger partial charge >= 0.3 is 5.97 Å². The number of carbonyl (C=O) groups excluding carboxylic acids is 1. The van der Waals surface area contributed by atoms with Crippen molar-refractivity contribution < 1.29 is 9.53 Å². The van der Waals surface area contributed by atoms with Crippen LogP contribution in [0.4, 0.5) is 0 Å². The molecule has 0 bridgehead atoms. The molecule has 0 aromatic carbocycles. The molecule has 16 heavy (non-hydrogen) atoms. The molecule has 0 aliphatic rings. The van der Waals surface area contributed by atoms with Gasteiger partial charge in [-0.25, -0.2) is 0 Å². The van der Waals surface area contributed by atoms with Gasteiger partial charge in [0.25, 0.3) is 0 Å². The summed E-state index contributed by atoms with van der Waals surface area (Å²) < 4.78 is 5.00. The van der Waals surface area contributed by atoms with E-state index in [4.69, 9.17) is 17.6 Å². The van der Waals surface area contributed by atoms with Crippen LogP contribution in [-0.4, -0.2) is 12.6 Å². The molecule has 0 aliphatic heterocycles. The van der Waals surface area contributed by atoms with Gasteiger partial charge in [0, 0.05) is 12.8 Å². The molecule has 0 heterocycles. The van der Waals surface area contributed by atoms with E-state index in [1.807, 2.05) is 0 Å². The molecule has 88 valence electrons. The van der Waals surface area contributed by atoms with Crippen molar-refractivity contribution in [2.24, 2.45) is 0 Å². The molecule has 0 radical (unpaired) electrons. The van der Waals surface area contributed by atoms with Gasteiger partial charge in [0.2, 0.25) is 0 Å². The van der Waals surface area contributed by atoms with Gasteiger partial charge in [-0.1, -0.05) is 19.3 Å². The third kappa shape index (κ3) is 10.7. The smallest absolute Gasteiger partial charge is 0.306 e. The lowest BCUT2D eigenvalue weighted by Crippen LogP contribution is -2.05. The molecule has 0 fully saturated rings. The summed E-state index contributed by atoms with van der Waals surface area (Å²) >= 11 is 0. The van der Waals surface area contributed by atoms with Gasteiger partial charge in [0.1, 0.15) is 0 Å². The first-order valence-electron chi connectivity index (χ1n) is 5.83. The number of carbonyl (C=O) groups is 1. The Hall–Kier alpha value is -1.41. The molecular weight excluding hydrogens is 200 g/mol. The van der Waals surface area contributed by atoms with Crippen LogP contribution in [0.1, 0.15) is 51.4 Å². The van der Waals surface area contributed by atoms with Gasteiger partial charge in [0.15, 0.2) is 0 Å². The molecule has 0 spiro atoms. The molecule has 0 aromatic rings. The first-order chi connectivity index (χ1) is 7.81. The molecule has 0 aliphatic carbocycles. The molecule has 2 nitrogen and oxygen atoms in total. The first-order valence-corrected chi connectivity index (χ1v) is 5.83. The van der Waals surface area contributed by atoms with E-state index in [9.17, 15) is 4.79 Å². The van der Waals surface area contributed by atoms with Crippen LogP contribution in [0.3, 0.4) is 0 Å². The maximum atomic E-state index is 11.0. The lowest BCUT2D eigenvalue weighted by atomic mass is 10.1. The number of rotatable bonds is 9. The van der Waals surface area contributed by atoms with Crippen LogP contribution in [0.2, 0.25) is 0 Å². The van der Waals surface area contributed by atoms with Crippen LogP contribution in [0.15, 0.2) is 0 Å². The number of hydrogen-bond donors (Lipinski definition) is 0. The highest BCUT2D eigenvalue weighted by atomic mass is 16.5. The van der Waals surface area contributed by atoms with Crippen LogP contribution in [0.5, 0.6) is 0 Å². The maximum Gasteiger partial charge on any atom is 0.306 e. The normalized spacial score (nSPS) is 9.12. The van der Waals surface area contributed by atoms with Crippen molar-refractivity contribution in [2.75, 3.05) is 6.61 Å². The van der Waals surface area contributed by atoms with Crippen molar-refractivity contribution in [1.82, 2.24) is 0 Å². The second-order valence-electron chi connectivity index (χ2n) is 3.65. The first kappa shape index (κ1) is 14.6. The number of ether oxygens (including phenoxy) is 1. The quantitative estimate of drug-likeness (QED) is 0.339. The number of hydrogen-bond acceptors (Lipinski definition) is 2. The van der Waals surface area contributed by atoms with Crippen molar-refractivity contribution in [3.63, 3.8) is 0 Å². The Bertz CT molecular complexity index is 255. The largest absolute Gasteiger partial charge is 0.466 e. The highest BCUT2D eigenvalue weighted by Gasteiger charge is 2.00. The van der Waals surface area contributed by atoms with Crippen LogP contribution in [-0.2, 0) is 9.53 Å². The zero-order valence-electron chi connectivity index (χ0n) is 9.84. The summed E-state index contributed by atoms with van der Waals surface area (Å²) in [6.07, 6.45) is 17.3. The Morgan fingerprint density at radius 1 is 0.938 bits per heavy atom. The maximum absolute atomic E-state index is 11.0. The van der Waals surface area contributed by atoms with Gasteiger partial charge in [-0.15, -0.1) is 24.7 Å². The van der Waals surface area contributed by atoms with Crippen LogP contribution in [0, 0.1) is 24.7 Å². The van der Waals surface area contributed by atoms with E-state index < -0.39 is 0 Å². The van der Waals surface area contributed by atoms with Gasteiger partial charge in [0.05, 0.1) is 13.0 Å². The van der Waals surface area contributed by atoms with Crippen LogP contribution >= 0.6 is 0 Å². The zero-order chi connectivity index (χ0) is 12.1. The van der Waals surface area contributed by atoms with Crippen molar-refractivity contribution in [3.8, 4) is 24.7 Å². The molecule has 0 rings (SSSR count). The van der Waals surface area contributed by atoms with Gasteiger partial charge in [-0.2, -0.15) is 0 Å². The Labute approximate surface area is 98.8 Å². The van der Waals surface area contributed by atoms with E-state index in [-0.39, 0.29) is 5.97 Å². The molecular formula is C14H20O2. The third-order valence-electron chi connectivity index (χ3n) is 2.20. The molecule has 0 saturated carbocycles. The predicted molar refractivity (Wildman–Crippen MR) is 65.6 cm³/mol. The standard InChI is InChI=1S/C14H20O2/c1-3-5-7-8-9-10-11-13-16-14(15)12-6-4-2/h1-2H,5-13H2. The van der Waals surface area contributed by atoms with E-state index >= 15 is 0 Å². The van der Waals surface area contributed by atoms with Gasteiger partial charge in [-0.3, -0.25) is 4.79 Å². The van der Waals surface area contributed by atoms with E-state index in [1.165, 1.54) is 0 Å². The average molecular weight is 220 g/mol. The minimum absolute atomic E-state index is 0.190. The van der Waals surface area contributed by atoms with Gasteiger partial charge in [-0.05, 0) is 12.8 Å². The van der Waals surface area contributed by atoms with Crippen molar-refractivity contribution in [3.05, 3.63) is 0 Å². The second-order valence-corrected chi connectivity index (χ2v) is 3.65. The monoisotopic (exact) mass is 220 g/mol. The lowest BCUT2D eigenvalue weighted by Gasteiger charge is -2.03. The predicted octanol–water partition coefficient (Wildman–Crippen LogP) is 2.92. The summed E-state index contributed by atoms with van der Waals surface area (Å²) in [5, 5.41) is 0. The zero-order valence-corrected chi connectivity index (χ0v) is 9.84. The van der Waals surface area contributed by atoms with E-state index in [2.05, 4.69) is 11.8 Å². The fourth-order valence-electron chi connectivity index (χ4n) is 1.29. The van der Waals surface area contributed by atoms with Crippen LogP contribution < -0.4 is 0 Å².